The Labute approximate surface area is 160 Å². The molecule has 2 aliphatic rings. The molecule has 2 saturated carbocycles. The first-order valence-electron chi connectivity index (χ1n) is 11.1. The number of unbranched alkanes of at least 4 members (excludes halogenated alkanes) is 9. The Morgan fingerprint density at radius 2 is 1.65 bits per heavy atom. The van der Waals surface area contributed by atoms with Crippen LogP contribution in [0.2, 0.25) is 0 Å². The van der Waals surface area contributed by atoms with E-state index in [2.05, 4.69) is 13.5 Å². The lowest BCUT2D eigenvalue weighted by molar-refractivity contribution is -0.166. The summed E-state index contributed by atoms with van der Waals surface area (Å²) in [6, 6.07) is 0. The number of carbonyl (C=O) groups excluding carboxylic acids is 1. The number of rotatable bonds is 14. The predicted molar refractivity (Wildman–Crippen MR) is 107 cm³/mol. The zero-order valence-corrected chi connectivity index (χ0v) is 17.2. The molecule has 2 bridgehead atoms. The summed E-state index contributed by atoms with van der Waals surface area (Å²) < 4.78 is 12.0. The Morgan fingerprint density at radius 3 is 2.23 bits per heavy atom. The molecule has 0 radical (unpaired) electrons. The van der Waals surface area contributed by atoms with Crippen LogP contribution in [0.4, 0.5) is 0 Å². The van der Waals surface area contributed by atoms with Gasteiger partial charge in [-0.05, 0) is 44.9 Å². The molecule has 3 heteroatoms. The lowest BCUT2D eigenvalue weighted by Gasteiger charge is -2.34. The molecule has 3 nitrogen and oxygen atoms in total. The highest BCUT2D eigenvalue weighted by molar-refractivity contribution is 5.87. The Balaban J connectivity index is 1.56. The topological polar surface area (TPSA) is 35.5 Å². The van der Waals surface area contributed by atoms with Crippen molar-refractivity contribution < 1.29 is 14.3 Å². The van der Waals surface area contributed by atoms with Gasteiger partial charge in [0.15, 0.2) is 0 Å². The molecule has 2 fully saturated rings. The summed E-state index contributed by atoms with van der Waals surface area (Å²) in [5.41, 5.74) is 0.285. The van der Waals surface area contributed by atoms with Crippen LogP contribution >= 0.6 is 0 Å². The third-order valence-corrected chi connectivity index (χ3v) is 6.23. The van der Waals surface area contributed by atoms with E-state index in [0.29, 0.717) is 11.5 Å². The van der Waals surface area contributed by atoms with Crippen LogP contribution in [0, 0.1) is 5.92 Å². The normalized spacial score (nSPS) is 27.0. The second-order valence-electron chi connectivity index (χ2n) is 8.61. The molecule has 26 heavy (non-hydrogen) atoms. The molecule has 0 N–H and O–H groups in total. The van der Waals surface area contributed by atoms with Gasteiger partial charge in [0, 0.05) is 12.2 Å². The van der Waals surface area contributed by atoms with Gasteiger partial charge in [0.25, 0.3) is 0 Å². The van der Waals surface area contributed by atoms with Crippen LogP contribution in [0.3, 0.4) is 0 Å². The average Bonchev–Trinajstić information content (AvgIpc) is 3.17. The number of hydrogen-bond acceptors (Lipinski definition) is 3. The summed E-state index contributed by atoms with van der Waals surface area (Å²) in [5, 5.41) is 0. The Kier molecular flexibility index (Phi) is 9.18. The molecule has 0 aromatic heterocycles. The minimum absolute atomic E-state index is 0.0615. The van der Waals surface area contributed by atoms with Crippen LogP contribution < -0.4 is 0 Å². The molecular weight excluding hydrogens is 324 g/mol. The molecule has 0 aromatic rings. The molecule has 2 rings (SSSR count). The van der Waals surface area contributed by atoms with Crippen LogP contribution in [0.5, 0.6) is 0 Å². The predicted octanol–water partition coefficient (Wildman–Crippen LogP) is 6.35. The fraction of sp³-hybridized carbons (Fsp3) is 0.870. The van der Waals surface area contributed by atoms with E-state index in [1.165, 1.54) is 64.2 Å². The first kappa shape index (κ1) is 21.5. The lowest BCUT2D eigenvalue weighted by atomic mass is 9.93. The molecule has 0 aliphatic heterocycles. The van der Waals surface area contributed by atoms with Gasteiger partial charge in [0.1, 0.15) is 11.7 Å². The van der Waals surface area contributed by atoms with E-state index < -0.39 is 0 Å². The second kappa shape index (κ2) is 11.1. The maximum atomic E-state index is 11.9. The highest BCUT2D eigenvalue weighted by atomic mass is 16.6. The molecule has 2 aliphatic carbocycles. The van der Waals surface area contributed by atoms with Crippen LogP contribution in [-0.2, 0) is 14.3 Å². The Hall–Kier alpha value is -0.830. The van der Waals surface area contributed by atoms with Crippen molar-refractivity contribution in [1.82, 2.24) is 0 Å². The van der Waals surface area contributed by atoms with Gasteiger partial charge in [0.05, 0.1) is 0 Å². The van der Waals surface area contributed by atoms with Crippen molar-refractivity contribution >= 4 is 5.97 Å². The maximum absolute atomic E-state index is 11.9. The number of ether oxygens (including phenoxy) is 2. The zero-order chi connectivity index (χ0) is 18.8. The van der Waals surface area contributed by atoms with Crippen molar-refractivity contribution in [3.8, 4) is 0 Å². The quantitative estimate of drug-likeness (QED) is 0.204. The van der Waals surface area contributed by atoms with Gasteiger partial charge in [-0.15, -0.1) is 0 Å². The monoisotopic (exact) mass is 364 g/mol. The van der Waals surface area contributed by atoms with Gasteiger partial charge in [0.2, 0.25) is 0 Å². The van der Waals surface area contributed by atoms with Gasteiger partial charge < -0.3 is 9.47 Å². The Morgan fingerprint density at radius 1 is 1.04 bits per heavy atom. The van der Waals surface area contributed by atoms with Crippen molar-refractivity contribution in [2.45, 2.75) is 115 Å². The third kappa shape index (κ3) is 6.40. The third-order valence-electron chi connectivity index (χ3n) is 6.23. The molecule has 0 amide bonds. The van der Waals surface area contributed by atoms with Crippen molar-refractivity contribution in [3.05, 3.63) is 12.2 Å². The van der Waals surface area contributed by atoms with Crippen LogP contribution in [0.15, 0.2) is 12.2 Å². The maximum Gasteiger partial charge on any atom is 0.333 e. The highest BCUT2D eigenvalue weighted by Gasteiger charge is 2.55. The molecule has 150 valence electrons. The molecular formula is C23H40O3. The molecule has 0 aromatic carbocycles. The summed E-state index contributed by atoms with van der Waals surface area (Å²) in [6.07, 6.45) is 17.6. The van der Waals surface area contributed by atoms with E-state index in [9.17, 15) is 4.79 Å². The summed E-state index contributed by atoms with van der Waals surface area (Å²) in [4.78, 5) is 11.9. The molecule has 0 saturated heterocycles. The van der Waals surface area contributed by atoms with E-state index in [1.807, 2.05) is 0 Å². The van der Waals surface area contributed by atoms with Gasteiger partial charge >= 0.3 is 5.97 Å². The van der Waals surface area contributed by atoms with E-state index in [0.717, 1.165) is 32.3 Å². The largest absolute Gasteiger partial charge is 0.456 e. The zero-order valence-electron chi connectivity index (χ0n) is 17.2. The minimum Gasteiger partial charge on any atom is -0.456 e. The van der Waals surface area contributed by atoms with Crippen LogP contribution in [-0.4, -0.2) is 24.3 Å². The average molecular weight is 365 g/mol. The minimum atomic E-state index is -0.260. The summed E-state index contributed by atoms with van der Waals surface area (Å²) >= 11 is 0. The number of hydrogen-bond donors (Lipinski definition) is 0. The lowest BCUT2D eigenvalue weighted by Crippen LogP contribution is -2.43. The second-order valence-corrected chi connectivity index (χ2v) is 8.61. The number of esters is 1. The highest BCUT2D eigenvalue weighted by Crippen LogP contribution is 2.51. The summed E-state index contributed by atoms with van der Waals surface area (Å²) in [7, 11) is 0. The first-order valence-corrected chi connectivity index (χ1v) is 11.1. The van der Waals surface area contributed by atoms with E-state index >= 15 is 0 Å². The Bertz CT molecular complexity index is 445. The van der Waals surface area contributed by atoms with E-state index in [-0.39, 0.29) is 17.7 Å². The van der Waals surface area contributed by atoms with Crippen molar-refractivity contribution in [1.29, 1.82) is 0 Å². The number of fused-ring (bicyclic) bond motifs is 2. The fourth-order valence-corrected chi connectivity index (χ4v) is 4.63. The van der Waals surface area contributed by atoms with E-state index in [1.54, 1.807) is 6.92 Å². The van der Waals surface area contributed by atoms with E-state index in [4.69, 9.17) is 9.47 Å². The van der Waals surface area contributed by atoms with Gasteiger partial charge in [-0.2, -0.15) is 0 Å². The van der Waals surface area contributed by atoms with Gasteiger partial charge in [-0.25, -0.2) is 4.79 Å². The summed E-state index contributed by atoms with van der Waals surface area (Å²) in [6.45, 7) is 8.49. The van der Waals surface area contributed by atoms with Gasteiger partial charge in [-0.1, -0.05) is 71.3 Å². The first-order chi connectivity index (χ1) is 12.6. The SMILES string of the molecule is C=C(C)C(=O)OC1CC2CCC1(OCCCCCCCCCCCC)C2. The molecule has 0 heterocycles. The van der Waals surface area contributed by atoms with Crippen molar-refractivity contribution in [2.75, 3.05) is 6.61 Å². The van der Waals surface area contributed by atoms with Crippen molar-refractivity contribution in [3.63, 3.8) is 0 Å². The van der Waals surface area contributed by atoms with Crippen LogP contribution in [0.1, 0.15) is 104 Å². The van der Waals surface area contributed by atoms with Crippen LogP contribution in [0.25, 0.3) is 0 Å². The van der Waals surface area contributed by atoms with Gasteiger partial charge in [-0.3, -0.25) is 0 Å². The molecule has 3 unspecified atom stereocenters. The van der Waals surface area contributed by atoms with Crippen molar-refractivity contribution in [2.24, 2.45) is 5.92 Å². The smallest absolute Gasteiger partial charge is 0.333 e. The number of carbonyl (C=O) groups is 1. The molecule has 0 spiro atoms. The molecule has 3 atom stereocenters. The summed E-state index contributed by atoms with van der Waals surface area (Å²) in [5.74, 6) is 0.412. The standard InChI is InChI=1S/C23H40O3/c1-4-5-6-7-8-9-10-11-12-13-16-25-23-15-14-20(18-23)17-21(23)26-22(24)19(2)3/h20-21H,2,4-18H2,1,3H3. The fourth-order valence-electron chi connectivity index (χ4n) is 4.63.